The number of nitrogens with zero attached hydrogens (tertiary/aromatic N) is 2. The maximum atomic E-state index is 6.12. The van der Waals surface area contributed by atoms with Crippen LogP contribution in [-0.4, -0.2) is 53.1 Å². The van der Waals surface area contributed by atoms with Gasteiger partial charge in [0.1, 0.15) is 0 Å². The first kappa shape index (κ1) is 12.8. The first-order valence-corrected chi connectivity index (χ1v) is 7.78. The molecule has 0 bridgehead atoms. The van der Waals surface area contributed by atoms with E-state index in [9.17, 15) is 0 Å². The lowest BCUT2D eigenvalue weighted by Crippen LogP contribution is -2.33. The Morgan fingerprint density at radius 1 is 1.50 bits per heavy atom. The van der Waals surface area contributed by atoms with Crippen molar-refractivity contribution in [3.05, 3.63) is 18.0 Å². The second-order valence-electron chi connectivity index (χ2n) is 6.64. The zero-order valence-electron chi connectivity index (χ0n) is 11.9. The summed E-state index contributed by atoms with van der Waals surface area (Å²) in [5, 5.41) is 7.04. The highest BCUT2D eigenvalue weighted by Gasteiger charge is 2.46. The monoisotopic (exact) mass is 277 g/mol. The van der Waals surface area contributed by atoms with Crippen LogP contribution in [0.2, 0.25) is 0 Å². The summed E-state index contributed by atoms with van der Waals surface area (Å²) in [7, 11) is 0. The van der Waals surface area contributed by atoms with E-state index in [1.54, 1.807) is 0 Å². The molecule has 0 radical (unpaired) electrons. The van der Waals surface area contributed by atoms with Crippen LogP contribution < -0.4 is 0 Å². The molecule has 0 unspecified atom stereocenters. The number of hydrogen-bond donors (Lipinski definition) is 1. The molecule has 1 aliphatic carbocycles. The van der Waals surface area contributed by atoms with Gasteiger partial charge in [0.2, 0.25) is 0 Å². The van der Waals surface area contributed by atoms with Crippen LogP contribution in [0, 0.1) is 5.92 Å². The number of hydrogen-bond acceptors (Lipinski definition) is 4. The van der Waals surface area contributed by atoms with Gasteiger partial charge in [-0.15, -0.1) is 0 Å². The van der Waals surface area contributed by atoms with Crippen molar-refractivity contribution in [1.29, 1.82) is 0 Å². The fourth-order valence-corrected chi connectivity index (χ4v) is 3.43. The Hall–Kier alpha value is -0.910. The molecule has 1 aromatic rings. The molecule has 3 fully saturated rings. The topological polar surface area (TPSA) is 50.4 Å². The third-order valence-electron chi connectivity index (χ3n) is 4.79. The van der Waals surface area contributed by atoms with E-state index in [1.807, 2.05) is 12.3 Å². The number of ether oxygens (including phenoxy) is 2. The molecule has 0 aromatic carbocycles. The molecule has 3 aliphatic rings. The maximum Gasteiger partial charge on any atom is 0.0847 e. The van der Waals surface area contributed by atoms with E-state index in [-0.39, 0.29) is 5.60 Å². The summed E-state index contributed by atoms with van der Waals surface area (Å²) in [5.74, 6) is 0.840. The zero-order valence-corrected chi connectivity index (χ0v) is 11.9. The number of aromatic amines is 1. The van der Waals surface area contributed by atoms with Crippen LogP contribution in [0.25, 0.3) is 0 Å². The lowest BCUT2D eigenvalue weighted by molar-refractivity contribution is 0.000802. The molecule has 20 heavy (non-hydrogen) atoms. The quantitative estimate of drug-likeness (QED) is 0.887. The first-order chi connectivity index (χ1) is 9.81. The van der Waals surface area contributed by atoms with Gasteiger partial charge in [0.25, 0.3) is 0 Å². The van der Waals surface area contributed by atoms with Crippen molar-refractivity contribution in [1.82, 2.24) is 15.1 Å². The van der Waals surface area contributed by atoms with Crippen LogP contribution in [0.15, 0.2) is 12.3 Å². The molecule has 4 rings (SSSR count). The Balaban J connectivity index is 1.28. The minimum Gasteiger partial charge on any atom is -0.375 e. The van der Waals surface area contributed by atoms with Crippen molar-refractivity contribution in [2.45, 2.75) is 43.9 Å². The summed E-state index contributed by atoms with van der Waals surface area (Å²) < 4.78 is 12.1. The fraction of sp³-hybridized carbons (Fsp3) is 0.800. The SMILES string of the molecule is c1cc(CN2CC[C@@]3(C[C@H](OCC4CC4)CO3)C2)[nH]n1. The normalized spacial score (nSPS) is 34.3. The highest BCUT2D eigenvalue weighted by atomic mass is 16.6. The number of nitrogens with one attached hydrogen (secondary N) is 1. The van der Waals surface area contributed by atoms with Crippen molar-refractivity contribution in [2.75, 3.05) is 26.3 Å². The molecule has 3 heterocycles. The van der Waals surface area contributed by atoms with Crippen LogP contribution >= 0.6 is 0 Å². The molecule has 5 nitrogen and oxygen atoms in total. The summed E-state index contributed by atoms with van der Waals surface area (Å²) in [6.45, 7) is 4.80. The average Bonchev–Trinajstić information content (AvgIpc) is 2.87. The summed E-state index contributed by atoms with van der Waals surface area (Å²) in [5.41, 5.74) is 1.23. The maximum absolute atomic E-state index is 6.12. The summed E-state index contributed by atoms with van der Waals surface area (Å²) in [6, 6.07) is 2.04. The fourth-order valence-electron chi connectivity index (χ4n) is 3.43. The molecule has 1 N–H and O–H groups in total. The number of likely N-dealkylation sites (tertiary alicyclic amines) is 1. The molecule has 1 spiro atoms. The van der Waals surface area contributed by atoms with E-state index >= 15 is 0 Å². The van der Waals surface area contributed by atoms with Crippen LogP contribution in [-0.2, 0) is 16.0 Å². The van der Waals surface area contributed by atoms with E-state index in [4.69, 9.17) is 9.47 Å². The summed E-state index contributed by atoms with van der Waals surface area (Å²) in [6.07, 6.45) is 7.05. The van der Waals surface area contributed by atoms with Crippen molar-refractivity contribution in [2.24, 2.45) is 5.92 Å². The Morgan fingerprint density at radius 2 is 2.45 bits per heavy atom. The standard InChI is InChI=1S/C15H23N3O2/c1-2-12(1)9-19-14-7-15(20-10-14)4-6-18(11-15)8-13-3-5-16-17-13/h3,5,12,14H,1-2,4,6-11H2,(H,16,17)/t14-,15+/m0/s1. The van der Waals surface area contributed by atoms with Crippen LogP contribution in [0.3, 0.4) is 0 Å². The molecule has 0 amide bonds. The van der Waals surface area contributed by atoms with Crippen molar-refractivity contribution >= 4 is 0 Å². The van der Waals surface area contributed by atoms with Crippen LogP contribution in [0.5, 0.6) is 0 Å². The van der Waals surface area contributed by atoms with Gasteiger partial charge in [0.15, 0.2) is 0 Å². The predicted molar refractivity (Wildman–Crippen MR) is 74.2 cm³/mol. The number of rotatable bonds is 5. The predicted octanol–water partition coefficient (Wildman–Crippen LogP) is 1.57. The smallest absolute Gasteiger partial charge is 0.0847 e. The molecule has 1 aromatic heterocycles. The summed E-state index contributed by atoms with van der Waals surface area (Å²) in [4.78, 5) is 2.46. The van der Waals surface area contributed by atoms with E-state index in [0.29, 0.717) is 6.10 Å². The highest BCUT2D eigenvalue weighted by molar-refractivity contribution is 5.02. The van der Waals surface area contributed by atoms with Crippen LogP contribution in [0.1, 0.15) is 31.4 Å². The van der Waals surface area contributed by atoms with Gasteiger partial charge in [-0.1, -0.05) is 0 Å². The van der Waals surface area contributed by atoms with E-state index in [0.717, 1.165) is 51.6 Å². The van der Waals surface area contributed by atoms with Crippen molar-refractivity contribution < 1.29 is 9.47 Å². The van der Waals surface area contributed by atoms with E-state index in [2.05, 4.69) is 15.1 Å². The largest absolute Gasteiger partial charge is 0.375 e. The second kappa shape index (κ2) is 5.13. The van der Waals surface area contributed by atoms with Crippen molar-refractivity contribution in [3.8, 4) is 0 Å². The first-order valence-electron chi connectivity index (χ1n) is 7.78. The average molecular weight is 277 g/mol. The molecule has 2 aliphatic heterocycles. The number of aromatic nitrogens is 2. The Morgan fingerprint density at radius 3 is 3.25 bits per heavy atom. The molecular weight excluding hydrogens is 254 g/mol. The van der Waals surface area contributed by atoms with Gasteiger partial charge in [0.05, 0.1) is 18.3 Å². The Kier molecular flexibility index (Phi) is 3.28. The highest BCUT2D eigenvalue weighted by Crippen LogP contribution is 2.37. The molecule has 1 saturated carbocycles. The van der Waals surface area contributed by atoms with Crippen molar-refractivity contribution in [3.63, 3.8) is 0 Å². The molecule has 5 heteroatoms. The van der Waals surface area contributed by atoms with Gasteiger partial charge in [-0.25, -0.2) is 0 Å². The van der Waals surface area contributed by atoms with Crippen LogP contribution in [0.4, 0.5) is 0 Å². The Bertz CT molecular complexity index is 446. The molecule has 110 valence electrons. The number of H-pyrrole nitrogens is 1. The van der Waals surface area contributed by atoms with E-state index < -0.39 is 0 Å². The minimum atomic E-state index is 0.0498. The Labute approximate surface area is 119 Å². The third kappa shape index (κ3) is 2.75. The van der Waals surface area contributed by atoms with Gasteiger partial charge >= 0.3 is 0 Å². The third-order valence-corrected chi connectivity index (χ3v) is 4.79. The van der Waals surface area contributed by atoms with Gasteiger partial charge in [-0.3, -0.25) is 10.00 Å². The van der Waals surface area contributed by atoms with Gasteiger partial charge in [-0.2, -0.15) is 5.10 Å². The summed E-state index contributed by atoms with van der Waals surface area (Å²) >= 11 is 0. The lowest BCUT2D eigenvalue weighted by Gasteiger charge is -2.23. The lowest BCUT2D eigenvalue weighted by atomic mass is 9.98. The van der Waals surface area contributed by atoms with E-state index in [1.165, 1.54) is 18.5 Å². The zero-order chi connectivity index (χ0) is 13.4. The van der Waals surface area contributed by atoms with Gasteiger partial charge < -0.3 is 9.47 Å². The van der Waals surface area contributed by atoms with Gasteiger partial charge in [0, 0.05) is 44.6 Å². The molecular formula is C15H23N3O2. The molecule has 2 atom stereocenters. The minimum absolute atomic E-state index is 0.0498. The van der Waals surface area contributed by atoms with Gasteiger partial charge in [-0.05, 0) is 31.2 Å². The molecule has 2 saturated heterocycles. The second-order valence-corrected chi connectivity index (χ2v) is 6.64.